The summed E-state index contributed by atoms with van der Waals surface area (Å²) in [6, 6.07) is 1.44. The summed E-state index contributed by atoms with van der Waals surface area (Å²) in [4.78, 5) is 0. The average Bonchev–Trinajstić information content (AvgIpc) is 2.09. The van der Waals surface area contributed by atoms with Gasteiger partial charge in [0.05, 0.1) is 0 Å². The second-order valence-corrected chi connectivity index (χ2v) is 2.74. The maximum absolute atomic E-state index is 12.9. The number of halogens is 3. The molecule has 0 bridgehead atoms. The first kappa shape index (κ1) is 10.2. The van der Waals surface area contributed by atoms with E-state index in [0.717, 1.165) is 6.07 Å². The molecule has 0 amide bonds. The fourth-order valence-corrected chi connectivity index (χ4v) is 0.982. The van der Waals surface area contributed by atoms with Crippen LogP contribution in [0.25, 0.3) is 6.08 Å². The second-order valence-electron chi connectivity index (χ2n) is 2.38. The van der Waals surface area contributed by atoms with Crippen LogP contribution in [0.2, 0.25) is 0 Å². The molecule has 0 aliphatic carbocycles. The average molecular weight is 204 g/mol. The molecule has 0 unspecified atom stereocenters. The van der Waals surface area contributed by atoms with E-state index in [4.69, 9.17) is 0 Å². The highest BCUT2D eigenvalue weighted by Gasteiger charge is 2.07. The quantitative estimate of drug-likeness (QED) is 0.555. The van der Waals surface area contributed by atoms with E-state index in [1.807, 2.05) is 0 Å². The molecule has 0 fully saturated rings. The zero-order valence-corrected chi connectivity index (χ0v) is 7.49. The predicted octanol–water partition coefficient (Wildman–Crippen LogP) is 3.05. The molecule has 1 aromatic rings. The molecule has 0 radical (unpaired) electrons. The van der Waals surface area contributed by atoms with Crippen molar-refractivity contribution in [3.63, 3.8) is 0 Å². The van der Waals surface area contributed by atoms with Crippen molar-refractivity contribution in [2.75, 3.05) is 5.75 Å². The van der Waals surface area contributed by atoms with E-state index in [-0.39, 0.29) is 5.56 Å². The van der Waals surface area contributed by atoms with Crippen molar-refractivity contribution in [2.24, 2.45) is 0 Å². The Morgan fingerprint density at radius 1 is 1.23 bits per heavy atom. The predicted molar refractivity (Wildman–Crippen MR) is 49.2 cm³/mol. The van der Waals surface area contributed by atoms with Crippen LogP contribution in [0.4, 0.5) is 13.2 Å². The summed E-state index contributed by atoms with van der Waals surface area (Å²) in [5.41, 5.74) is -0.105. The van der Waals surface area contributed by atoms with Crippen LogP contribution in [-0.2, 0) is 0 Å². The summed E-state index contributed by atoms with van der Waals surface area (Å²) in [5.74, 6) is -2.63. The third kappa shape index (κ3) is 2.52. The van der Waals surface area contributed by atoms with Gasteiger partial charge in [-0.2, -0.15) is 12.6 Å². The fraction of sp³-hybridized carbons (Fsp3) is 0.111. The highest BCUT2D eigenvalue weighted by molar-refractivity contribution is 7.80. The van der Waals surface area contributed by atoms with Crippen LogP contribution >= 0.6 is 12.6 Å². The molecule has 0 N–H and O–H groups in total. The van der Waals surface area contributed by atoms with Gasteiger partial charge in [-0.15, -0.1) is 0 Å². The molecular weight excluding hydrogens is 197 g/mol. The molecule has 0 saturated heterocycles. The second kappa shape index (κ2) is 4.37. The van der Waals surface area contributed by atoms with Crippen LogP contribution in [-0.4, -0.2) is 5.75 Å². The van der Waals surface area contributed by atoms with E-state index in [2.05, 4.69) is 12.6 Å². The highest BCUT2D eigenvalue weighted by Crippen LogP contribution is 2.15. The van der Waals surface area contributed by atoms with Crippen molar-refractivity contribution in [2.45, 2.75) is 0 Å². The summed E-state index contributed by atoms with van der Waals surface area (Å²) < 4.78 is 38.1. The lowest BCUT2D eigenvalue weighted by Gasteiger charge is -1.98. The van der Waals surface area contributed by atoms with Gasteiger partial charge in [-0.05, 0) is 6.07 Å². The van der Waals surface area contributed by atoms with Gasteiger partial charge in [0.15, 0.2) is 11.6 Å². The summed E-state index contributed by atoms with van der Waals surface area (Å²) in [6.45, 7) is 0. The highest BCUT2D eigenvalue weighted by atomic mass is 32.1. The lowest BCUT2D eigenvalue weighted by atomic mass is 10.2. The molecule has 0 saturated carbocycles. The Bertz CT molecular complexity index is 334. The van der Waals surface area contributed by atoms with Gasteiger partial charge in [0, 0.05) is 17.4 Å². The van der Waals surface area contributed by atoms with Gasteiger partial charge >= 0.3 is 0 Å². The van der Waals surface area contributed by atoms with Crippen molar-refractivity contribution in [3.05, 3.63) is 41.2 Å². The summed E-state index contributed by atoms with van der Waals surface area (Å²) in [7, 11) is 0. The van der Waals surface area contributed by atoms with E-state index in [0.29, 0.717) is 11.8 Å². The molecule has 0 heterocycles. The maximum Gasteiger partial charge on any atom is 0.166 e. The molecule has 0 nitrogen and oxygen atoms in total. The molecular formula is C9H7F3S. The van der Waals surface area contributed by atoms with E-state index in [1.165, 1.54) is 12.2 Å². The number of hydrogen-bond donors (Lipinski definition) is 1. The standard InChI is InChI=1S/C9H7F3S/c10-7-4-6(2-1-3-13)9(12)8(11)5-7/h1-2,4-5,13H,3H2. The minimum absolute atomic E-state index is 0.105. The van der Waals surface area contributed by atoms with E-state index in [1.54, 1.807) is 0 Å². The van der Waals surface area contributed by atoms with Gasteiger partial charge in [-0.25, -0.2) is 13.2 Å². The van der Waals surface area contributed by atoms with Crippen LogP contribution in [0, 0.1) is 17.5 Å². The van der Waals surface area contributed by atoms with Gasteiger partial charge in [-0.3, -0.25) is 0 Å². The van der Waals surface area contributed by atoms with Gasteiger partial charge in [-0.1, -0.05) is 12.2 Å². The van der Waals surface area contributed by atoms with Crippen molar-refractivity contribution < 1.29 is 13.2 Å². The van der Waals surface area contributed by atoms with Crippen LogP contribution in [0.5, 0.6) is 0 Å². The van der Waals surface area contributed by atoms with Crippen molar-refractivity contribution >= 4 is 18.7 Å². The number of benzene rings is 1. The zero-order valence-electron chi connectivity index (χ0n) is 6.60. The van der Waals surface area contributed by atoms with Crippen LogP contribution in [0.15, 0.2) is 18.2 Å². The monoisotopic (exact) mass is 204 g/mol. The van der Waals surface area contributed by atoms with E-state index >= 15 is 0 Å². The first-order valence-electron chi connectivity index (χ1n) is 3.57. The topological polar surface area (TPSA) is 0 Å². The smallest absolute Gasteiger partial charge is 0.166 e. The van der Waals surface area contributed by atoms with E-state index in [9.17, 15) is 13.2 Å². The first-order valence-corrected chi connectivity index (χ1v) is 4.20. The Kier molecular flexibility index (Phi) is 3.42. The molecule has 0 spiro atoms. The van der Waals surface area contributed by atoms with Crippen LogP contribution in [0.3, 0.4) is 0 Å². The largest absolute Gasteiger partial charge is 0.207 e. The van der Waals surface area contributed by atoms with Crippen LogP contribution in [0.1, 0.15) is 5.56 Å². The Balaban J connectivity index is 3.12. The molecule has 0 atom stereocenters. The van der Waals surface area contributed by atoms with Gasteiger partial charge < -0.3 is 0 Å². The normalized spacial score (nSPS) is 11.1. The minimum atomic E-state index is -1.18. The number of hydrogen-bond acceptors (Lipinski definition) is 1. The first-order chi connectivity index (χ1) is 6.15. The van der Waals surface area contributed by atoms with Crippen molar-refractivity contribution in [1.82, 2.24) is 0 Å². The SMILES string of the molecule is Fc1cc(F)c(F)c(C=CCS)c1. The lowest BCUT2D eigenvalue weighted by Crippen LogP contribution is -1.90. The van der Waals surface area contributed by atoms with Crippen molar-refractivity contribution in [3.8, 4) is 0 Å². The summed E-state index contributed by atoms with van der Waals surface area (Å²) >= 11 is 3.84. The molecule has 1 aromatic carbocycles. The molecule has 4 heteroatoms. The summed E-state index contributed by atoms with van der Waals surface area (Å²) in [6.07, 6.45) is 2.79. The molecule has 1 rings (SSSR count). The molecule has 70 valence electrons. The summed E-state index contributed by atoms with van der Waals surface area (Å²) in [5, 5.41) is 0. The number of rotatable bonds is 2. The Morgan fingerprint density at radius 2 is 1.92 bits per heavy atom. The number of thiol groups is 1. The minimum Gasteiger partial charge on any atom is -0.207 e. The Labute approximate surface area is 79.5 Å². The third-order valence-electron chi connectivity index (χ3n) is 1.42. The van der Waals surface area contributed by atoms with Crippen molar-refractivity contribution in [1.29, 1.82) is 0 Å². The van der Waals surface area contributed by atoms with Crippen LogP contribution < -0.4 is 0 Å². The maximum atomic E-state index is 12.9. The Hall–Kier alpha value is -0.900. The molecule has 0 aliphatic rings. The van der Waals surface area contributed by atoms with E-state index < -0.39 is 17.5 Å². The third-order valence-corrected chi connectivity index (χ3v) is 1.63. The Morgan fingerprint density at radius 3 is 2.54 bits per heavy atom. The van der Waals surface area contributed by atoms with Gasteiger partial charge in [0.1, 0.15) is 5.82 Å². The van der Waals surface area contributed by atoms with Gasteiger partial charge in [0.2, 0.25) is 0 Å². The lowest BCUT2D eigenvalue weighted by molar-refractivity contribution is 0.493. The molecule has 0 aromatic heterocycles. The molecule has 13 heavy (non-hydrogen) atoms. The fourth-order valence-electron chi connectivity index (χ4n) is 0.877. The zero-order chi connectivity index (χ0) is 9.84. The molecule has 0 aliphatic heterocycles. The van der Waals surface area contributed by atoms with Gasteiger partial charge in [0.25, 0.3) is 0 Å².